The molecule has 3 aliphatic heterocycles. The van der Waals surface area contributed by atoms with Gasteiger partial charge in [-0.3, -0.25) is 24.6 Å². The van der Waals surface area contributed by atoms with Crippen molar-refractivity contribution in [3.05, 3.63) is 52.1 Å². The van der Waals surface area contributed by atoms with E-state index in [4.69, 9.17) is 14.2 Å². The van der Waals surface area contributed by atoms with Crippen LogP contribution in [0.25, 0.3) is 0 Å². The number of piperazine rings is 1. The molecule has 2 fully saturated rings. The molecule has 2 aromatic rings. The fraction of sp³-hybridized carbons (Fsp3) is 0.481. The Bertz CT molecular complexity index is 1250. The Kier molecular flexibility index (Phi) is 7.84. The summed E-state index contributed by atoms with van der Waals surface area (Å²) in [5, 5.41) is 14.5. The highest BCUT2D eigenvalue weighted by atomic mass is 16.6. The van der Waals surface area contributed by atoms with Crippen LogP contribution in [0.3, 0.4) is 0 Å². The zero-order valence-electron chi connectivity index (χ0n) is 22.1. The van der Waals surface area contributed by atoms with Crippen molar-refractivity contribution < 1.29 is 28.7 Å². The number of non-ortho nitro benzene ring substituents is 1. The number of ether oxygens (including phenoxy) is 3. The van der Waals surface area contributed by atoms with Crippen LogP contribution in [0.1, 0.15) is 5.56 Å². The molecule has 3 heterocycles. The minimum Gasteiger partial charge on any atom is -0.493 e. The fourth-order valence-electron chi connectivity index (χ4n) is 5.68. The summed E-state index contributed by atoms with van der Waals surface area (Å²) >= 11 is 0. The number of amides is 2. The maximum absolute atomic E-state index is 13.7. The van der Waals surface area contributed by atoms with E-state index in [1.807, 2.05) is 4.90 Å². The summed E-state index contributed by atoms with van der Waals surface area (Å²) in [4.78, 5) is 43.8. The molecule has 208 valence electrons. The Morgan fingerprint density at radius 3 is 2.54 bits per heavy atom. The smallest absolute Gasteiger partial charge is 0.269 e. The van der Waals surface area contributed by atoms with Gasteiger partial charge in [0.1, 0.15) is 0 Å². The van der Waals surface area contributed by atoms with Crippen molar-refractivity contribution in [2.24, 2.45) is 5.92 Å². The van der Waals surface area contributed by atoms with E-state index in [2.05, 4.69) is 15.1 Å². The third-order valence-electron chi connectivity index (χ3n) is 7.70. The second kappa shape index (κ2) is 11.5. The zero-order valence-corrected chi connectivity index (χ0v) is 22.1. The van der Waals surface area contributed by atoms with Gasteiger partial charge in [-0.2, -0.15) is 0 Å². The van der Waals surface area contributed by atoms with Crippen LogP contribution >= 0.6 is 0 Å². The first-order chi connectivity index (χ1) is 18.9. The molecule has 0 aromatic heterocycles. The third kappa shape index (κ3) is 5.62. The van der Waals surface area contributed by atoms with Crippen LogP contribution in [0, 0.1) is 16.0 Å². The lowest BCUT2D eigenvalue weighted by molar-refractivity contribution is -0.384. The molecule has 1 N–H and O–H groups in total. The first-order valence-corrected chi connectivity index (χ1v) is 13.0. The van der Waals surface area contributed by atoms with Crippen molar-refractivity contribution in [2.45, 2.75) is 12.5 Å². The Balaban J connectivity index is 1.39. The van der Waals surface area contributed by atoms with Gasteiger partial charge in [-0.1, -0.05) is 0 Å². The van der Waals surface area contributed by atoms with Crippen LogP contribution in [-0.2, 0) is 20.7 Å². The van der Waals surface area contributed by atoms with Crippen LogP contribution in [0.5, 0.6) is 11.5 Å². The van der Waals surface area contributed by atoms with Crippen LogP contribution in [0.4, 0.5) is 17.1 Å². The maximum Gasteiger partial charge on any atom is 0.269 e. The van der Waals surface area contributed by atoms with Crippen molar-refractivity contribution in [2.75, 3.05) is 76.9 Å². The first kappa shape index (κ1) is 26.7. The van der Waals surface area contributed by atoms with Crippen molar-refractivity contribution in [1.82, 2.24) is 9.80 Å². The van der Waals surface area contributed by atoms with Gasteiger partial charge in [-0.05, 0) is 30.2 Å². The number of carbonyl (C=O) groups is 2. The molecular weight excluding hydrogens is 506 g/mol. The van der Waals surface area contributed by atoms with Gasteiger partial charge >= 0.3 is 0 Å². The van der Waals surface area contributed by atoms with Gasteiger partial charge in [0.2, 0.25) is 11.8 Å². The molecule has 2 aromatic carbocycles. The Morgan fingerprint density at radius 1 is 1.05 bits per heavy atom. The van der Waals surface area contributed by atoms with E-state index in [9.17, 15) is 19.7 Å². The zero-order chi connectivity index (χ0) is 27.5. The predicted molar refractivity (Wildman–Crippen MR) is 143 cm³/mol. The van der Waals surface area contributed by atoms with Gasteiger partial charge in [0, 0.05) is 62.3 Å². The quantitative estimate of drug-likeness (QED) is 0.414. The molecule has 2 saturated heterocycles. The SMILES string of the molecule is COc1ccc(NC(=O)C2Cc3cc([N+](=O)[O-])ccc3N3CCN(CC(=O)N4CCOCC4)CC23)cc1OC. The van der Waals surface area contributed by atoms with Crippen LogP contribution in [0.15, 0.2) is 36.4 Å². The number of hydrogen-bond donors (Lipinski definition) is 1. The molecule has 12 nitrogen and oxygen atoms in total. The van der Waals surface area contributed by atoms with Gasteiger partial charge in [0.05, 0.1) is 50.9 Å². The molecule has 0 spiro atoms. The summed E-state index contributed by atoms with van der Waals surface area (Å²) in [5.41, 5.74) is 2.23. The van der Waals surface area contributed by atoms with E-state index in [0.717, 1.165) is 11.3 Å². The van der Waals surface area contributed by atoms with E-state index >= 15 is 0 Å². The minimum absolute atomic E-state index is 0.000919. The molecule has 39 heavy (non-hydrogen) atoms. The van der Waals surface area contributed by atoms with E-state index in [-0.39, 0.29) is 30.1 Å². The standard InChI is InChI=1S/C27H33N5O7/c1-37-24-6-3-19(15-25(24)38-2)28-27(34)21-14-18-13-20(32(35)36)4-5-22(18)31-8-7-29(16-23(21)31)17-26(33)30-9-11-39-12-10-30/h3-6,13,15,21,23H,7-12,14,16-17H2,1-2H3,(H,28,34). The maximum atomic E-state index is 13.7. The lowest BCUT2D eigenvalue weighted by Crippen LogP contribution is -2.61. The molecule has 2 atom stereocenters. The van der Waals surface area contributed by atoms with Gasteiger partial charge in [0.15, 0.2) is 11.5 Å². The van der Waals surface area contributed by atoms with Crippen molar-refractivity contribution >= 4 is 28.9 Å². The van der Waals surface area contributed by atoms with Crippen molar-refractivity contribution in [3.8, 4) is 11.5 Å². The topological polar surface area (TPSA) is 127 Å². The number of nitro groups is 1. The summed E-state index contributed by atoms with van der Waals surface area (Å²) in [6.45, 7) is 4.32. The number of benzene rings is 2. The molecule has 0 radical (unpaired) electrons. The second-order valence-electron chi connectivity index (χ2n) is 9.93. The van der Waals surface area contributed by atoms with Crippen LogP contribution < -0.4 is 19.7 Å². The summed E-state index contributed by atoms with van der Waals surface area (Å²) in [6.07, 6.45) is 0.350. The monoisotopic (exact) mass is 539 g/mol. The number of nitrogens with one attached hydrogen (secondary N) is 1. The van der Waals surface area contributed by atoms with Crippen LogP contribution in [-0.4, -0.2) is 99.3 Å². The van der Waals surface area contributed by atoms with Gasteiger partial charge in [-0.25, -0.2) is 0 Å². The predicted octanol–water partition coefficient (Wildman–Crippen LogP) is 1.77. The molecule has 0 bridgehead atoms. The average molecular weight is 540 g/mol. The Morgan fingerprint density at radius 2 is 1.82 bits per heavy atom. The molecule has 5 rings (SSSR count). The molecule has 0 saturated carbocycles. The third-order valence-corrected chi connectivity index (χ3v) is 7.70. The van der Waals surface area contributed by atoms with E-state index in [1.54, 1.807) is 37.4 Å². The normalized spacial score (nSPS) is 21.0. The number of anilines is 2. The lowest BCUT2D eigenvalue weighted by Gasteiger charge is -2.49. The number of fused-ring (bicyclic) bond motifs is 3. The van der Waals surface area contributed by atoms with E-state index in [0.29, 0.717) is 69.5 Å². The average Bonchev–Trinajstić information content (AvgIpc) is 2.96. The highest BCUT2D eigenvalue weighted by molar-refractivity contribution is 5.94. The summed E-state index contributed by atoms with van der Waals surface area (Å²) < 4.78 is 16.0. The largest absolute Gasteiger partial charge is 0.493 e. The number of nitro benzene ring substituents is 1. The fourth-order valence-corrected chi connectivity index (χ4v) is 5.68. The molecular formula is C27H33N5O7. The molecule has 2 unspecified atom stereocenters. The lowest BCUT2D eigenvalue weighted by atomic mass is 9.83. The van der Waals surface area contributed by atoms with Gasteiger partial charge in [0.25, 0.3) is 5.69 Å². The molecule has 12 heteroatoms. The number of hydrogen-bond acceptors (Lipinski definition) is 9. The summed E-state index contributed by atoms with van der Waals surface area (Å²) in [6, 6.07) is 9.81. The van der Waals surface area contributed by atoms with Gasteiger partial charge < -0.3 is 29.3 Å². The number of rotatable bonds is 7. The molecule has 0 aliphatic carbocycles. The minimum atomic E-state index is -0.492. The molecule has 2 amide bonds. The number of methoxy groups -OCH3 is 2. The van der Waals surface area contributed by atoms with E-state index in [1.165, 1.54) is 13.2 Å². The Labute approximate surface area is 226 Å². The highest BCUT2D eigenvalue weighted by Crippen LogP contribution is 2.38. The summed E-state index contributed by atoms with van der Waals surface area (Å²) in [5.74, 6) is 0.412. The van der Waals surface area contributed by atoms with Crippen molar-refractivity contribution in [3.63, 3.8) is 0 Å². The second-order valence-corrected chi connectivity index (χ2v) is 9.93. The number of nitrogens with zero attached hydrogens (tertiary/aromatic N) is 4. The Hall–Kier alpha value is -3.90. The van der Waals surface area contributed by atoms with Crippen LogP contribution in [0.2, 0.25) is 0 Å². The number of morpholine rings is 1. The number of carbonyl (C=O) groups excluding carboxylic acids is 2. The van der Waals surface area contributed by atoms with E-state index < -0.39 is 10.8 Å². The van der Waals surface area contributed by atoms with Gasteiger partial charge in [-0.15, -0.1) is 0 Å². The highest BCUT2D eigenvalue weighted by Gasteiger charge is 2.42. The first-order valence-electron chi connectivity index (χ1n) is 13.0. The summed E-state index contributed by atoms with van der Waals surface area (Å²) in [7, 11) is 3.07. The molecule has 3 aliphatic rings. The van der Waals surface area contributed by atoms with Crippen molar-refractivity contribution in [1.29, 1.82) is 0 Å².